The monoisotopic (exact) mass is 569 g/mol. The summed E-state index contributed by atoms with van der Waals surface area (Å²) in [5.41, 5.74) is 3.29. The topological polar surface area (TPSA) is 174 Å². The normalized spacial score (nSPS) is 27.2. The maximum absolute atomic E-state index is 13.8. The van der Waals surface area contributed by atoms with Gasteiger partial charge >= 0.3 is 0 Å². The first-order valence-corrected chi connectivity index (χ1v) is 12.3. The number of nitrogens with zero attached hydrogens (tertiary/aromatic N) is 2. The van der Waals surface area contributed by atoms with Gasteiger partial charge in [-0.3, -0.25) is 24.3 Å². The number of phenols is 1. The molecule has 0 aliphatic heterocycles. The first-order chi connectivity index (χ1) is 17.4. The second kappa shape index (κ2) is 8.51. The van der Waals surface area contributed by atoms with E-state index in [1.165, 1.54) is 11.0 Å². The Morgan fingerprint density at radius 1 is 1.19 bits per heavy atom. The molecule has 10 nitrogen and oxygen atoms in total. The minimum absolute atomic E-state index is 0.0206. The molecule has 1 aromatic heterocycles. The maximum Gasteiger partial charge on any atom is 0.255 e. The van der Waals surface area contributed by atoms with Crippen LogP contribution in [0, 0.1) is 11.8 Å². The van der Waals surface area contributed by atoms with E-state index in [9.17, 15) is 34.8 Å². The van der Waals surface area contributed by atoms with Gasteiger partial charge in [0, 0.05) is 27.7 Å². The number of ketones is 2. The Morgan fingerprint density at radius 2 is 1.89 bits per heavy atom. The van der Waals surface area contributed by atoms with Crippen molar-refractivity contribution in [3.8, 4) is 17.0 Å². The molecule has 2 aromatic rings. The van der Waals surface area contributed by atoms with Gasteiger partial charge in [-0.2, -0.15) is 0 Å². The summed E-state index contributed by atoms with van der Waals surface area (Å²) in [7, 11) is 3.17. The number of primary amides is 1. The molecule has 6 N–H and O–H groups in total. The number of aromatic nitrogens is 1. The molecule has 0 saturated heterocycles. The summed E-state index contributed by atoms with van der Waals surface area (Å²) < 4.78 is 0.768. The number of Topliss-reactive ketones (excluding diaryl/α,β-unsaturated/α-hetero) is 2. The number of nitrogens with two attached hydrogens (primary N) is 1. The molecule has 0 fully saturated rings. The number of halogens is 1. The highest BCUT2D eigenvalue weighted by Gasteiger charge is 2.63. The average molecular weight is 570 g/mol. The van der Waals surface area contributed by atoms with Crippen LogP contribution in [-0.4, -0.2) is 73.5 Å². The van der Waals surface area contributed by atoms with E-state index in [1.54, 1.807) is 38.5 Å². The van der Waals surface area contributed by atoms with Gasteiger partial charge in [0.25, 0.3) is 5.91 Å². The van der Waals surface area contributed by atoms with Gasteiger partial charge in [-0.25, -0.2) is 0 Å². The summed E-state index contributed by atoms with van der Waals surface area (Å²) in [4.78, 5) is 45.0. The van der Waals surface area contributed by atoms with Crippen LogP contribution in [0.5, 0.6) is 5.75 Å². The lowest BCUT2D eigenvalue weighted by molar-refractivity contribution is -0.148. The number of likely N-dealkylation sites (N-methyl/N-ethyl adjacent to an activating group) is 1. The predicted octanol–water partition coefficient (Wildman–Crippen LogP) is 1.95. The Labute approximate surface area is 219 Å². The lowest BCUT2D eigenvalue weighted by Crippen LogP contribution is -2.63. The van der Waals surface area contributed by atoms with Crippen LogP contribution in [0.3, 0.4) is 0 Å². The van der Waals surface area contributed by atoms with Crippen LogP contribution in [0.25, 0.3) is 11.3 Å². The van der Waals surface area contributed by atoms with Crippen LogP contribution in [0.4, 0.5) is 0 Å². The third kappa shape index (κ3) is 3.45. The largest absolute Gasteiger partial charge is 0.510 e. The molecule has 0 bridgehead atoms. The minimum Gasteiger partial charge on any atom is -0.510 e. The van der Waals surface area contributed by atoms with Crippen LogP contribution in [0.1, 0.15) is 22.3 Å². The number of carbonyl (C=O) groups is 3. The number of aliphatic hydroxyl groups is 3. The van der Waals surface area contributed by atoms with Gasteiger partial charge in [0.1, 0.15) is 22.8 Å². The average Bonchev–Trinajstić information content (AvgIpc) is 2.81. The fourth-order valence-corrected chi connectivity index (χ4v) is 6.38. The fraction of sp³-hybridized carbons (Fsp3) is 0.308. The van der Waals surface area contributed by atoms with Crippen molar-refractivity contribution in [2.45, 2.75) is 24.5 Å². The molecule has 0 spiro atoms. The quantitative estimate of drug-likeness (QED) is 0.346. The van der Waals surface area contributed by atoms with E-state index in [0.717, 1.165) is 4.47 Å². The SMILES string of the molecule is CN(C)[C@H]1C(O)=C(C(N)=O)C(=O)[C@]2(O)C(O)=C3C(=O)c4c(O)ccc(-c5cc(Br)ccn5)c4C[C@@H]3C[C@H]12. The Balaban J connectivity index is 1.73. The number of aliphatic hydroxyl groups excluding tert-OH is 2. The van der Waals surface area contributed by atoms with Crippen molar-refractivity contribution in [3.63, 3.8) is 0 Å². The number of fused-ring (bicyclic) bond motifs is 3. The Hall–Kier alpha value is -3.54. The molecule has 4 atom stereocenters. The number of allylic oxidation sites excluding steroid dienone is 1. The number of hydrogen-bond acceptors (Lipinski definition) is 9. The number of amides is 1. The van der Waals surface area contributed by atoms with E-state index in [4.69, 9.17) is 5.73 Å². The summed E-state index contributed by atoms with van der Waals surface area (Å²) in [6.45, 7) is 0. The number of aromatic hydroxyl groups is 1. The van der Waals surface area contributed by atoms with Crippen molar-refractivity contribution in [2.75, 3.05) is 14.1 Å². The van der Waals surface area contributed by atoms with E-state index in [1.807, 2.05) is 0 Å². The van der Waals surface area contributed by atoms with Crippen LogP contribution < -0.4 is 5.73 Å². The van der Waals surface area contributed by atoms with Crippen molar-refractivity contribution in [1.29, 1.82) is 0 Å². The van der Waals surface area contributed by atoms with E-state index in [-0.39, 0.29) is 29.7 Å². The number of hydrogen-bond donors (Lipinski definition) is 5. The standard InChI is InChI=1S/C26H24BrN3O7/c1-30(2)20-14-8-10-7-13-12(15-9-11(27)5-6-29-15)3-4-16(31)18(13)21(32)17(10)23(34)26(14,37)24(35)19(22(20)33)25(28)36/h3-6,9-10,14,20,31,33-34,37H,7-8H2,1-2H3,(H2,28,36)/t10-,14-,20-,26-/m1/s1. The molecule has 3 aliphatic carbocycles. The highest BCUT2D eigenvalue weighted by atomic mass is 79.9. The number of phenolic OH excluding ortho intramolecular Hbond substituents is 1. The molecule has 1 heterocycles. The molecule has 1 amide bonds. The Bertz CT molecular complexity index is 1460. The van der Waals surface area contributed by atoms with Gasteiger partial charge in [-0.1, -0.05) is 15.9 Å². The molecule has 1 aromatic carbocycles. The fourth-order valence-electron chi connectivity index (χ4n) is 6.04. The van der Waals surface area contributed by atoms with Gasteiger partial charge < -0.3 is 26.2 Å². The van der Waals surface area contributed by atoms with Gasteiger partial charge in [-0.15, -0.1) is 0 Å². The van der Waals surface area contributed by atoms with Crippen molar-refractivity contribution >= 4 is 33.4 Å². The van der Waals surface area contributed by atoms with E-state index < -0.39 is 58.0 Å². The number of rotatable bonds is 3. The minimum atomic E-state index is -2.66. The molecule has 192 valence electrons. The molecular formula is C26H24BrN3O7. The zero-order valence-corrected chi connectivity index (χ0v) is 21.5. The summed E-state index contributed by atoms with van der Waals surface area (Å²) in [5.74, 6) is -6.81. The zero-order chi connectivity index (χ0) is 27.0. The highest BCUT2D eigenvalue weighted by molar-refractivity contribution is 9.10. The molecule has 0 unspecified atom stereocenters. The van der Waals surface area contributed by atoms with Crippen molar-refractivity contribution in [1.82, 2.24) is 9.88 Å². The van der Waals surface area contributed by atoms with Crippen LogP contribution in [0.2, 0.25) is 0 Å². The lowest BCUT2D eigenvalue weighted by atomic mass is 9.58. The number of benzene rings is 1. The van der Waals surface area contributed by atoms with E-state index in [0.29, 0.717) is 16.8 Å². The summed E-state index contributed by atoms with van der Waals surface area (Å²) >= 11 is 3.41. The molecular weight excluding hydrogens is 546 g/mol. The van der Waals surface area contributed by atoms with Gasteiger partial charge in [-0.05, 0) is 62.7 Å². The van der Waals surface area contributed by atoms with E-state index >= 15 is 0 Å². The van der Waals surface area contributed by atoms with Crippen molar-refractivity contribution < 1.29 is 34.8 Å². The molecule has 0 radical (unpaired) electrons. The summed E-state index contributed by atoms with van der Waals surface area (Å²) in [5, 5.41) is 44.5. The molecule has 11 heteroatoms. The summed E-state index contributed by atoms with van der Waals surface area (Å²) in [6, 6.07) is 5.50. The third-order valence-corrected chi connectivity index (χ3v) is 8.10. The third-order valence-electron chi connectivity index (χ3n) is 7.60. The van der Waals surface area contributed by atoms with Crippen LogP contribution >= 0.6 is 15.9 Å². The highest BCUT2D eigenvalue weighted by Crippen LogP contribution is 2.53. The maximum atomic E-state index is 13.8. The smallest absolute Gasteiger partial charge is 0.255 e. The van der Waals surface area contributed by atoms with Crippen molar-refractivity contribution in [2.24, 2.45) is 17.6 Å². The van der Waals surface area contributed by atoms with E-state index in [2.05, 4.69) is 20.9 Å². The second-order valence-corrected chi connectivity index (χ2v) is 10.7. The van der Waals surface area contributed by atoms with Crippen molar-refractivity contribution in [3.05, 3.63) is 68.7 Å². The predicted molar refractivity (Wildman–Crippen MR) is 135 cm³/mol. The Kier molecular flexibility index (Phi) is 5.78. The molecule has 3 aliphatic rings. The Morgan fingerprint density at radius 3 is 2.51 bits per heavy atom. The van der Waals surface area contributed by atoms with Gasteiger partial charge in [0.15, 0.2) is 11.4 Å². The second-order valence-electron chi connectivity index (χ2n) is 9.81. The van der Waals surface area contributed by atoms with Gasteiger partial charge in [0.2, 0.25) is 5.78 Å². The summed E-state index contributed by atoms with van der Waals surface area (Å²) in [6.07, 6.45) is 1.81. The lowest BCUT2D eigenvalue weighted by Gasteiger charge is -2.50. The first-order valence-electron chi connectivity index (χ1n) is 11.5. The number of carbonyl (C=O) groups excluding carboxylic acids is 3. The zero-order valence-electron chi connectivity index (χ0n) is 19.9. The van der Waals surface area contributed by atoms with Gasteiger partial charge in [0.05, 0.1) is 17.3 Å². The first kappa shape index (κ1) is 25.1. The van der Waals surface area contributed by atoms with Crippen LogP contribution in [0.15, 0.2) is 57.6 Å². The molecule has 0 saturated carbocycles. The number of pyridine rings is 1. The molecule has 37 heavy (non-hydrogen) atoms. The van der Waals surface area contributed by atoms with Crippen LogP contribution in [-0.2, 0) is 16.0 Å². The molecule has 5 rings (SSSR count).